The van der Waals surface area contributed by atoms with Gasteiger partial charge in [0.15, 0.2) is 0 Å². The Morgan fingerprint density at radius 2 is 1.68 bits per heavy atom. The maximum Gasteiger partial charge on any atom is 0.126 e. The van der Waals surface area contributed by atoms with Crippen LogP contribution in [0, 0.1) is 17.6 Å². The van der Waals surface area contributed by atoms with Gasteiger partial charge >= 0.3 is 0 Å². The highest BCUT2D eigenvalue weighted by Crippen LogP contribution is 2.22. The van der Waals surface area contributed by atoms with Crippen LogP contribution in [0.1, 0.15) is 38.3 Å². The second-order valence-electron chi connectivity index (χ2n) is 5.33. The first-order valence-electron chi connectivity index (χ1n) is 6.86. The molecular weight excluding hydrogens is 248 g/mol. The summed E-state index contributed by atoms with van der Waals surface area (Å²) in [5.41, 5.74) is 0.649. The molecule has 0 radical (unpaired) electrons. The molecule has 2 nitrogen and oxygen atoms in total. The molecule has 106 valence electrons. The van der Waals surface area contributed by atoms with Crippen molar-refractivity contribution < 1.29 is 13.5 Å². The van der Waals surface area contributed by atoms with E-state index in [-0.39, 0.29) is 6.04 Å². The Kier molecular flexibility index (Phi) is 4.88. The zero-order valence-electron chi connectivity index (χ0n) is 11.5. The van der Waals surface area contributed by atoms with Gasteiger partial charge in [0.25, 0.3) is 0 Å². The molecule has 1 fully saturated rings. The summed E-state index contributed by atoms with van der Waals surface area (Å²) in [6.45, 7) is 5.67. The lowest BCUT2D eigenvalue weighted by Crippen LogP contribution is -2.38. The van der Waals surface area contributed by atoms with Gasteiger partial charge in [-0.15, -0.1) is 0 Å². The van der Waals surface area contributed by atoms with E-state index in [1.54, 1.807) is 0 Å². The van der Waals surface area contributed by atoms with Crippen LogP contribution in [0.3, 0.4) is 0 Å². The summed E-state index contributed by atoms with van der Waals surface area (Å²) in [4.78, 5) is 0. The van der Waals surface area contributed by atoms with Gasteiger partial charge in [0.05, 0.1) is 0 Å². The Balaban J connectivity index is 1.97. The largest absolute Gasteiger partial charge is 0.381 e. The minimum atomic E-state index is -0.526. The SMILES string of the molecule is CC(NC(C)C1CCOCC1)c1cc(F)cc(F)c1. The molecule has 1 aliphatic heterocycles. The summed E-state index contributed by atoms with van der Waals surface area (Å²) >= 11 is 0. The summed E-state index contributed by atoms with van der Waals surface area (Å²) in [6, 6.07) is 3.92. The third-order valence-corrected chi connectivity index (χ3v) is 3.87. The Hall–Kier alpha value is -1.00. The second kappa shape index (κ2) is 6.44. The molecular formula is C15H21F2NO. The van der Waals surface area contributed by atoms with Crippen molar-refractivity contribution >= 4 is 0 Å². The Labute approximate surface area is 113 Å². The zero-order chi connectivity index (χ0) is 13.8. The zero-order valence-corrected chi connectivity index (χ0v) is 11.5. The van der Waals surface area contributed by atoms with Crippen LogP contribution in [0.5, 0.6) is 0 Å². The smallest absolute Gasteiger partial charge is 0.126 e. The molecule has 2 rings (SSSR count). The first kappa shape index (κ1) is 14.4. The van der Waals surface area contributed by atoms with E-state index >= 15 is 0 Å². The number of ether oxygens (including phenoxy) is 1. The third-order valence-electron chi connectivity index (χ3n) is 3.87. The average molecular weight is 269 g/mol. The van der Waals surface area contributed by atoms with Crippen molar-refractivity contribution in [3.05, 3.63) is 35.4 Å². The maximum absolute atomic E-state index is 13.2. The molecule has 1 heterocycles. The van der Waals surface area contributed by atoms with Gasteiger partial charge < -0.3 is 10.1 Å². The van der Waals surface area contributed by atoms with Crippen LogP contribution >= 0.6 is 0 Å². The molecule has 2 unspecified atom stereocenters. The van der Waals surface area contributed by atoms with Crippen molar-refractivity contribution in [2.45, 2.75) is 38.8 Å². The molecule has 19 heavy (non-hydrogen) atoms. The standard InChI is InChI=1S/C15H21F2NO/c1-10(12-3-5-19-6-4-12)18-11(2)13-7-14(16)9-15(17)8-13/h7-12,18H,3-6H2,1-2H3. The normalized spacial score (nSPS) is 20.2. The molecule has 1 aromatic carbocycles. The Bertz CT molecular complexity index is 398. The lowest BCUT2D eigenvalue weighted by atomic mass is 9.92. The van der Waals surface area contributed by atoms with Crippen molar-refractivity contribution in [2.24, 2.45) is 5.92 Å². The van der Waals surface area contributed by atoms with Crippen molar-refractivity contribution in [2.75, 3.05) is 13.2 Å². The van der Waals surface area contributed by atoms with E-state index in [4.69, 9.17) is 4.74 Å². The van der Waals surface area contributed by atoms with Crippen molar-refractivity contribution in [3.8, 4) is 0 Å². The van der Waals surface area contributed by atoms with Gasteiger partial charge in [-0.3, -0.25) is 0 Å². The highest BCUT2D eigenvalue weighted by Gasteiger charge is 2.22. The van der Waals surface area contributed by atoms with Crippen molar-refractivity contribution in [1.82, 2.24) is 5.32 Å². The van der Waals surface area contributed by atoms with E-state index in [9.17, 15) is 8.78 Å². The monoisotopic (exact) mass is 269 g/mol. The fraction of sp³-hybridized carbons (Fsp3) is 0.600. The highest BCUT2D eigenvalue weighted by molar-refractivity contribution is 5.21. The first-order chi connectivity index (χ1) is 9.06. The average Bonchev–Trinajstić information content (AvgIpc) is 2.38. The molecule has 0 aliphatic carbocycles. The van der Waals surface area contributed by atoms with Crippen LogP contribution in [-0.2, 0) is 4.74 Å². The number of hydrogen-bond acceptors (Lipinski definition) is 2. The molecule has 0 amide bonds. The molecule has 2 atom stereocenters. The molecule has 0 spiro atoms. The molecule has 0 bridgehead atoms. The van der Waals surface area contributed by atoms with Gasteiger partial charge in [-0.25, -0.2) is 8.78 Å². The minimum absolute atomic E-state index is 0.0666. The molecule has 1 aliphatic rings. The van der Waals surface area contributed by atoms with Gasteiger partial charge in [0, 0.05) is 31.4 Å². The van der Waals surface area contributed by atoms with Crippen LogP contribution in [0.25, 0.3) is 0 Å². The minimum Gasteiger partial charge on any atom is -0.381 e. The third kappa shape index (κ3) is 3.98. The van der Waals surface area contributed by atoms with Gasteiger partial charge in [0.2, 0.25) is 0 Å². The molecule has 0 aromatic heterocycles. The van der Waals surface area contributed by atoms with Crippen LogP contribution in [0.2, 0.25) is 0 Å². The number of benzene rings is 1. The van der Waals surface area contributed by atoms with E-state index in [1.807, 2.05) is 6.92 Å². The van der Waals surface area contributed by atoms with E-state index in [0.717, 1.165) is 32.1 Å². The highest BCUT2D eigenvalue weighted by atomic mass is 19.1. The Morgan fingerprint density at radius 3 is 2.26 bits per heavy atom. The fourth-order valence-corrected chi connectivity index (χ4v) is 2.67. The summed E-state index contributed by atoms with van der Waals surface area (Å²) in [5, 5.41) is 3.43. The molecule has 0 saturated carbocycles. The lowest BCUT2D eigenvalue weighted by Gasteiger charge is -2.30. The van der Waals surface area contributed by atoms with Gasteiger partial charge in [-0.1, -0.05) is 0 Å². The maximum atomic E-state index is 13.2. The summed E-state index contributed by atoms with van der Waals surface area (Å²) in [5.74, 6) is -0.487. The van der Waals surface area contributed by atoms with E-state index < -0.39 is 11.6 Å². The predicted octanol–water partition coefficient (Wildman–Crippen LogP) is 3.43. The summed E-state index contributed by atoms with van der Waals surface area (Å²) in [6.07, 6.45) is 2.08. The molecule has 1 N–H and O–H groups in total. The number of nitrogens with one attached hydrogen (secondary N) is 1. The summed E-state index contributed by atoms with van der Waals surface area (Å²) in [7, 11) is 0. The van der Waals surface area contributed by atoms with Crippen LogP contribution in [0.4, 0.5) is 8.78 Å². The second-order valence-corrected chi connectivity index (χ2v) is 5.33. The van der Waals surface area contributed by atoms with Crippen LogP contribution in [-0.4, -0.2) is 19.3 Å². The quantitative estimate of drug-likeness (QED) is 0.904. The molecule has 4 heteroatoms. The number of rotatable bonds is 4. The van der Waals surface area contributed by atoms with Crippen LogP contribution < -0.4 is 5.32 Å². The fourth-order valence-electron chi connectivity index (χ4n) is 2.67. The molecule has 1 saturated heterocycles. The summed E-state index contributed by atoms with van der Waals surface area (Å²) < 4.78 is 31.7. The number of halogens is 2. The van der Waals surface area contributed by atoms with Gasteiger partial charge in [0.1, 0.15) is 11.6 Å². The van der Waals surface area contributed by atoms with E-state index in [1.165, 1.54) is 12.1 Å². The Morgan fingerprint density at radius 1 is 1.11 bits per heavy atom. The van der Waals surface area contributed by atoms with Gasteiger partial charge in [-0.05, 0) is 50.3 Å². The van der Waals surface area contributed by atoms with E-state index in [0.29, 0.717) is 17.5 Å². The van der Waals surface area contributed by atoms with Crippen molar-refractivity contribution in [1.29, 1.82) is 0 Å². The molecule has 1 aromatic rings. The number of hydrogen-bond donors (Lipinski definition) is 1. The van der Waals surface area contributed by atoms with Crippen molar-refractivity contribution in [3.63, 3.8) is 0 Å². The van der Waals surface area contributed by atoms with E-state index in [2.05, 4.69) is 12.2 Å². The van der Waals surface area contributed by atoms with Crippen LogP contribution in [0.15, 0.2) is 18.2 Å². The topological polar surface area (TPSA) is 21.3 Å². The predicted molar refractivity (Wildman–Crippen MR) is 70.9 cm³/mol. The van der Waals surface area contributed by atoms with Gasteiger partial charge in [-0.2, -0.15) is 0 Å². The lowest BCUT2D eigenvalue weighted by molar-refractivity contribution is 0.0547. The first-order valence-corrected chi connectivity index (χ1v) is 6.86.